The number of hydrogen-bond donors (Lipinski definition) is 3. The van der Waals surface area contributed by atoms with Gasteiger partial charge in [-0.25, -0.2) is 15.8 Å². The molecule has 1 aromatic heterocycles. The lowest BCUT2D eigenvalue weighted by atomic mass is 10.1. The fraction of sp³-hybridized carbons (Fsp3) is 0.556. The molecule has 1 unspecified atom stereocenters. The summed E-state index contributed by atoms with van der Waals surface area (Å²) >= 11 is 2.02. The van der Waals surface area contributed by atoms with Crippen molar-refractivity contribution in [2.75, 3.05) is 28.8 Å². The zero-order valence-electron chi connectivity index (χ0n) is 8.44. The summed E-state index contributed by atoms with van der Waals surface area (Å²) in [5, 5.41) is 3.30. The van der Waals surface area contributed by atoms with Gasteiger partial charge in [0.25, 0.3) is 0 Å². The maximum absolute atomic E-state index is 5.27. The Morgan fingerprint density at radius 3 is 3.07 bits per heavy atom. The Bertz CT molecular complexity index is 313. The average Bonchev–Trinajstić information content (AvgIpc) is 2.79. The Kier molecular flexibility index (Phi) is 3.63. The summed E-state index contributed by atoms with van der Waals surface area (Å²) in [5.74, 6) is 10.0. The second kappa shape index (κ2) is 5.18. The van der Waals surface area contributed by atoms with Crippen LogP contribution in [0, 0.1) is 5.92 Å². The molecule has 6 heteroatoms. The van der Waals surface area contributed by atoms with Crippen LogP contribution in [0.5, 0.6) is 0 Å². The normalized spacial score (nSPS) is 20.2. The van der Waals surface area contributed by atoms with Crippen LogP contribution in [0.2, 0.25) is 0 Å². The Balaban J connectivity index is 1.86. The van der Waals surface area contributed by atoms with Crippen LogP contribution >= 0.6 is 11.8 Å². The van der Waals surface area contributed by atoms with E-state index < -0.39 is 0 Å². The van der Waals surface area contributed by atoms with Gasteiger partial charge < -0.3 is 10.7 Å². The molecule has 5 nitrogen and oxygen atoms in total. The molecular weight excluding hydrogens is 210 g/mol. The number of nitrogen functional groups attached to an aromatic ring is 1. The van der Waals surface area contributed by atoms with Crippen molar-refractivity contribution in [3.8, 4) is 0 Å². The first-order chi connectivity index (χ1) is 7.38. The molecule has 15 heavy (non-hydrogen) atoms. The largest absolute Gasteiger partial charge is 0.370 e. The van der Waals surface area contributed by atoms with Gasteiger partial charge in [0.15, 0.2) is 0 Å². The fourth-order valence-corrected chi connectivity index (χ4v) is 2.81. The predicted molar refractivity (Wildman–Crippen MR) is 63.8 cm³/mol. The number of aromatic nitrogens is 2. The van der Waals surface area contributed by atoms with E-state index in [-0.39, 0.29) is 0 Å². The van der Waals surface area contributed by atoms with E-state index in [1.54, 1.807) is 0 Å². The highest BCUT2D eigenvalue weighted by atomic mass is 32.2. The summed E-state index contributed by atoms with van der Waals surface area (Å²) < 4.78 is 0. The van der Waals surface area contributed by atoms with E-state index in [1.807, 2.05) is 17.8 Å². The van der Waals surface area contributed by atoms with Crippen LogP contribution in [-0.2, 0) is 0 Å². The van der Waals surface area contributed by atoms with Crippen LogP contribution < -0.4 is 16.6 Å². The minimum atomic E-state index is 0.633. The molecular formula is C9H15N5S. The molecule has 1 aliphatic rings. The first kappa shape index (κ1) is 10.5. The molecule has 0 bridgehead atoms. The van der Waals surface area contributed by atoms with Crippen LogP contribution in [-0.4, -0.2) is 28.0 Å². The molecule has 1 aliphatic heterocycles. The lowest BCUT2D eigenvalue weighted by Gasteiger charge is -2.10. The highest BCUT2D eigenvalue weighted by Gasteiger charge is 2.14. The number of nitrogens with zero attached hydrogens (tertiary/aromatic N) is 2. The molecule has 2 rings (SSSR count). The molecule has 0 radical (unpaired) electrons. The number of thioether (sulfide) groups is 1. The van der Waals surface area contributed by atoms with E-state index >= 15 is 0 Å². The molecule has 0 spiro atoms. The third kappa shape index (κ3) is 2.97. The van der Waals surface area contributed by atoms with Crippen molar-refractivity contribution in [1.82, 2.24) is 9.97 Å². The second-order valence-electron chi connectivity index (χ2n) is 3.54. The van der Waals surface area contributed by atoms with Crippen LogP contribution in [0.25, 0.3) is 0 Å². The van der Waals surface area contributed by atoms with Crippen LogP contribution in [0.3, 0.4) is 0 Å². The number of anilines is 2. The van der Waals surface area contributed by atoms with Crippen LogP contribution in [0.15, 0.2) is 12.4 Å². The van der Waals surface area contributed by atoms with E-state index in [1.165, 1.54) is 24.3 Å². The number of hydrogen-bond acceptors (Lipinski definition) is 6. The van der Waals surface area contributed by atoms with Gasteiger partial charge in [-0.3, -0.25) is 0 Å². The Labute approximate surface area is 93.2 Å². The molecule has 2 heterocycles. The quantitative estimate of drug-likeness (QED) is 0.523. The zero-order chi connectivity index (χ0) is 10.5. The van der Waals surface area contributed by atoms with Crippen LogP contribution in [0.1, 0.15) is 6.42 Å². The van der Waals surface area contributed by atoms with Gasteiger partial charge in [0.2, 0.25) is 0 Å². The minimum Gasteiger partial charge on any atom is -0.370 e. The Morgan fingerprint density at radius 2 is 2.33 bits per heavy atom. The summed E-state index contributed by atoms with van der Waals surface area (Å²) in [4.78, 5) is 8.07. The van der Waals surface area contributed by atoms with Crippen molar-refractivity contribution in [1.29, 1.82) is 0 Å². The van der Waals surface area contributed by atoms with Gasteiger partial charge in [0, 0.05) is 12.6 Å². The molecule has 1 saturated heterocycles. The Hall–Kier alpha value is -1.01. The molecule has 1 fully saturated rings. The van der Waals surface area contributed by atoms with Gasteiger partial charge in [-0.1, -0.05) is 0 Å². The molecule has 0 amide bonds. The highest BCUT2D eigenvalue weighted by molar-refractivity contribution is 7.99. The number of hydrazine groups is 1. The van der Waals surface area contributed by atoms with Crippen LogP contribution in [0.4, 0.5) is 11.6 Å². The van der Waals surface area contributed by atoms with Gasteiger partial charge in [-0.2, -0.15) is 11.8 Å². The smallest absolute Gasteiger partial charge is 0.145 e. The molecule has 0 aliphatic carbocycles. The van der Waals surface area contributed by atoms with E-state index in [9.17, 15) is 0 Å². The second-order valence-corrected chi connectivity index (χ2v) is 4.69. The molecule has 0 saturated carbocycles. The van der Waals surface area contributed by atoms with Crippen molar-refractivity contribution in [2.45, 2.75) is 6.42 Å². The minimum absolute atomic E-state index is 0.633. The van der Waals surface area contributed by atoms with Crippen molar-refractivity contribution >= 4 is 23.4 Å². The average molecular weight is 225 g/mol. The first-order valence-corrected chi connectivity index (χ1v) is 6.14. The topological polar surface area (TPSA) is 75.9 Å². The maximum Gasteiger partial charge on any atom is 0.145 e. The third-order valence-corrected chi connectivity index (χ3v) is 3.64. The monoisotopic (exact) mass is 225 g/mol. The third-order valence-electron chi connectivity index (χ3n) is 2.41. The molecule has 4 N–H and O–H groups in total. The van der Waals surface area contributed by atoms with E-state index in [0.29, 0.717) is 5.82 Å². The fourth-order valence-electron chi connectivity index (χ4n) is 1.53. The molecule has 0 aromatic carbocycles. The standard InChI is InChI=1S/C9H15N5S/c10-14-9-3-8(12-6-13-9)11-4-7-1-2-15-5-7/h3,6-7H,1-2,4-5,10H2,(H2,11,12,13,14). The van der Waals surface area contributed by atoms with Gasteiger partial charge in [-0.15, -0.1) is 0 Å². The number of nitrogens with one attached hydrogen (secondary N) is 2. The van der Waals surface area contributed by atoms with Gasteiger partial charge in [0.05, 0.1) is 0 Å². The number of nitrogens with two attached hydrogens (primary N) is 1. The first-order valence-electron chi connectivity index (χ1n) is 4.99. The molecule has 1 aromatic rings. The summed E-state index contributed by atoms with van der Waals surface area (Å²) in [6.07, 6.45) is 2.80. The lowest BCUT2D eigenvalue weighted by molar-refractivity contribution is 0.630. The molecule has 1 atom stereocenters. The zero-order valence-corrected chi connectivity index (χ0v) is 9.26. The maximum atomic E-state index is 5.27. The van der Waals surface area contributed by atoms with Crippen molar-refractivity contribution < 1.29 is 0 Å². The summed E-state index contributed by atoms with van der Waals surface area (Å²) in [6, 6.07) is 1.81. The van der Waals surface area contributed by atoms with Gasteiger partial charge in [0.1, 0.15) is 18.0 Å². The van der Waals surface area contributed by atoms with E-state index in [4.69, 9.17) is 5.84 Å². The summed E-state index contributed by atoms with van der Waals surface area (Å²) in [7, 11) is 0. The van der Waals surface area contributed by atoms with Crippen molar-refractivity contribution in [2.24, 2.45) is 11.8 Å². The van der Waals surface area contributed by atoms with Crippen molar-refractivity contribution in [3.63, 3.8) is 0 Å². The van der Waals surface area contributed by atoms with Gasteiger partial charge in [-0.05, 0) is 23.8 Å². The molecule has 82 valence electrons. The summed E-state index contributed by atoms with van der Waals surface area (Å²) in [6.45, 7) is 0.980. The summed E-state index contributed by atoms with van der Waals surface area (Å²) in [5.41, 5.74) is 2.50. The SMILES string of the molecule is NNc1cc(NCC2CCSC2)ncn1. The van der Waals surface area contributed by atoms with E-state index in [2.05, 4.69) is 20.7 Å². The van der Waals surface area contributed by atoms with Crippen molar-refractivity contribution in [3.05, 3.63) is 12.4 Å². The van der Waals surface area contributed by atoms with Gasteiger partial charge >= 0.3 is 0 Å². The highest BCUT2D eigenvalue weighted by Crippen LogP contribution is 2.23. The number of rotatable bonds is 4. The Morgan fingerprint density at radius 1 is 1.47 bits per heavy atom. The van der Waals surface area contributed by atoms with E-state index in [0.717, 1.165) is 18.3 Å². The lowest BCUT2D eigenvalue weighted by Crippen LogP contribution is -2.15. The predicted octanol–water partition coefficient (Wildman–Crippen LogP) is 0.927.